The maximum atomic E-state index is 12.2. The quantitative estimate of drug-likeness (QED) is 0.762. The number of nitrogens with zero attached hydrogens (tertiary/aromatic N) is 2. The molecule has 0 aliphatic carbocycles. The van der Waals surface area contributed by atoms with Crippen LogP contribution in [0.5, 0.6) is 5.75 Å². The molecule has 0 spiro atoms. The molecule has 2 heterocycles. The number of methoxy groups -OCH3 is 1. The van der Waals surface area contributed by atoms with E-state index >= 15 is 0 Å². The molecule has 28 heavy (non-hydrogen) atoms. The van der Waals surface area contributed by atoms with Crippen molar-refractivity contribution in [1.29, 1.82) is 0 Å². The second kappa shape index (κ2) is 7.44. The van der Waals surface area contributed by atoms with E-state index in [0.717, 1.165) is 33.5 Å². The fraction of sp³-hybridized carbons (Fsp3) is 0.381. The summed E-state index contributed by atoms with van der Waals surface area (Å²) in [5, 5.41) is 0.911. The Bertz CT molecular complexity index is 1020. The number of anilines is 1. The van der Waals surface area contributed by atoms with E-state index in [1.165, 1.54) is 5.56 Å². The molecule has 5 nitrogen and oxygen atoms in total. The summed E-state index contributed by atoms with van der Waals surface area (Å²) in [5.74, 6) is 1.92. The highest BCUT2D eigenvalue weighted by Crippen LogP contribution is 2.37. The third-order valence-electron chi connectivity index (χ3n) is 5.26. The van der Waals surface area contributed by atoms with Crippen molar-refractivity contribution in [1.82, 2.24) is 0 Å². The van der Waals surface area contributed by atoms with E-state index in [4.69, 9.17) is 9.73 Å². The molecule has 0 radical (unpaired) electrons. The molecule has 2 aliphatic rings. The standard InChI is InChI=1S/C21H24N2O3S2/c1-14-4-5-15(2)19(10-14)23-20-13-28(24,25)12-18(20)22-21(23)27-11-16-6-8-17(26-3)9-7-16/h4-10,18,20H,11-13H2,1-3H3/t18-,20-/m0/s1. The molecule has 0 saturated carbocycles. The molecule has 1 saturated heterocycles. The molecule has 2 aromatic rings. The van der Waals surface area contributed by atoms with Crippen molar-refractivity contribution in [2.24, 2.45) is 4.99 Å². The number of aryl methyl sites for hydroxylation is 2. The summed E-state index contributed by atoms with van der Waals surface area (Å²) in [5.41, 5.74) is 4.53. The van der Waals surface area contributed by atoms with E-state index < -0.39 is 9.84 Å². The summed E-state index contributed by atoms with van der Waals surface area (Å²) >= 11 is 1.67. The first-order chi connectivity index (χ1) is 13.4. The largest absolute Gasteiger partial charge is 0.497 e. The van der Waals surface area contributed by atoms with E-state index in [1.54, 1.807) is 18.9 Å². The second-order valence-electron chi connectivity index (χ2n) is 7.42. The van der Waals surface area contributed by atoms with Crippen LogP contribution in [-0.4, -0.2) is 44.3 Å². The molecular weight excluding hydrogens is 392 g/mol. The predicted molar refractivity (Wildman–Crippen MR) is 116 cm³/mol. The molecule has 0 aromatic heterocycles. The lowest BCUT2D eigenvalue weighted by molar-refractivity contribution is 0.414. The van der Waals surface area contributed by atoms with Gasteiger partial charge in [0.25, 0.3) is 0 Å². The van der Waals surface area contributed by atoms with Crippen LogP contribution in [0.2, 0.25) is 0 Å². The van der Waals surface area contributed by atoms with Crippen molar-refractivity contribution in [2.75, 3.05) is 23.5 Å². The number of fused-ring (bicyclic) bond motifs is 1. The molecule has 2 aromatic carbocycles. The third-order valence-corrected chi connectivity index (χ3v) is 8.00. The number of amidine groups is 1. The fourth-order valence-corrected chi connectivity index (χ4v) is 6.68. The van der Waals surface area contributed by atoms with E-state index in [-0.39, 0.29) is 23.6 Å². The van der Waals surface area contributed by atoms with Gasteiger partial charge in [0.1, 0.15) is 5.75 Å². The molecule has 7 heteroatoms. The molecule has 0 unspecified atom stereocenters. The first kappa shape index (κ1) is 19.3. The molecule has 0 bridgehead atoms. The summed E-state index contributed by atoms with van der Waals surface area (Å²) < 4.78 is 29.6. The third kappa shape index (κ3) is 3.78. The lowest BCUT2D eigenvalue weighted by atomic mass is 10.1. The van der Waals surface area contributed by atoms with Crippen LogP contribution < -0.4 is 9.64 Å². The van der Waals surface area contributed by atoms with Crippen molar-refractivity contribution in [2.45, 2.75) is 31.7 Å². The first-order valence-electron chi connectivity index (χ1n) is 9.27. The Morgan fingerprint density at radius 2 is 1.89 bits per heavy atom. The zero-order valence-corrected chi connectivity index (χ0v) is 17.9. The van der Waals surface area contributed by atoms with Crippen molar-refractivity contribution in [3.8, 4) is 5.75 Å². The first-order valence-corrected chi connectivity index (χ1v) is 12.1. The van der Waals surface area contributed by atoms with Crippen LogP contribution in [0.4, 0.5) is 5.69 Å². The van der Waals surface area contributed by atoms with Gasteiger partial charge in [0.05, 0.1) is 30.7 Å². The average molecular weight is 417 g/mol. The minimum absolute atomic E-state index is 0.108. The highest BCUT2D eigenvalue weighted by Gasteiger charge is 2.47. The molecule has 2 aliphatic heterocycles. The highest BCUT2D eigenvalue weighted by molar-refractivity contribution is 8.13. The molecule has 1 fully saturated rings. The van der Waals surface area contributed by atoms with Gasteiger partial charge in [-0.25, -0.2) is 8.42 Å². The minimum atomic E-state index is -3.04. The zero-order chi connectivity index (χ0) is 19.9. The predicted octanol–water partition coefficient (Wildman–Crippen LogP) is 3.59. The molecule has 0 N–H and O–H groups in total. The number of hydrogen-bond donors (Lipinski definition) is 0. The van der Waals surface area contributed by atoms with Gasteiger partial charge in [-0.3, -0.25) is 4.99 Å². The Morgan fingerprint density at radius 3 is 2.61 bits per heavy atom. The van der Waals surface area contributed by atoms with Gasteiger partial charge in [0, 0.05) is 11.4 Å². The molecule has 2 atom stereocenters. The summed E-state index contributed by atoms with van der Waals surface area (Å²) in [6, 6.07) is 14.0. The van der Waals surface area contributed by atoms with Gasteiger partial charge >= 0.3 is 0 Å². The van der Waals surface area contributed by atoms with Crippen molar-refractivity contribution in [3.63, 3.8) is 0 Å². The average Bonchev–Trinajstić information content (AvgIpc) is 3.13. The van der Waals surface area contributed by atoms with Crippen molar-refractivity contribution in [3.05, 3.63) is 59.2 Å². The SMILES string of the molecule is COc1ccc(CSC2=N[C@H]3CS(=O)(=O)C[C@@H]3N2c2cc(C)ccc2C)cc1. The molecule has 4 rings (SSSR count). The number of thioether (sulfide) groups is 1. The minimum Gasteiger partial charge on any atom is -0.497 e. The molecule has 148 valence electrons. The maximum absolute atomic E-state index is 12.2. The Balaban J connectivity index is 1.62. The number of sulfone groups is 1. The van der Waals surface area contributed by atoms with E-state index in [9.17, 15) is 8.42 Å². The van der Waals surface area contributed by atoms with Crippen LogP contribution in [0.25, 0.3) is 0 Å². The van der Waals surface area contributed by atoms with Crippen LogP contribution in [-0.2, 0) is 15.6 Å². The summed E-state index contributed by atoms with van der Waals surface area (Å²) in [4.78, 5) is 6.98. The van der Waals surface area contributed by atoms with Gasteiger partial charge in [-0.15, -0.1) is 0 Å². The van der Waals surface area contributed by atoms with Gasteiger partial charge in [-0.05, 0) is 48.7 Å². The van der Waals surface area contributed by atoms with Crippen LogP contribution in [0.15, 0.2) is 47.5 Å². The Labute approximate surface area is 170 Å². The lowest BCUT2D eigenvalue weighted by Gasteiger charge is -2.28. The van der Waals surface area contributed by atoms with E-state index in [1.807, 2.05) is 12.1 Å². The number of hydrogen-bond acceptors (Lipinski definition) is 6. The van der Waals surface area contributed by atoms with Gasteiger partial charge in [-0.1, -0.05) is 36.0 Å². The van der Waals surface area contributed by atoms with Crippen LogP contribution in [0.1, 0.15) is 16.7 Å². The Hall–Kier alpha value is -1.99. The van der Waals surface area contributed by atoms with Crippen LogP contribution in [0.3, 0.4) is 0 Å². The van der Waals surface area contributed by atoms with Gasteiger partial charge in [-0.2, -0.15) is 0 Å². The summed E-state index contributed by atoms with van der Waals surface area (Å²) in [6.07, 6.45) is 0. The topological polar surface area (TPSA) is 59.0 Å². The smallest absolute Gasteiger partial charge is 0.164 e. The van der Waals surface area contributed by atoms with Gasteiger partial charge in [0.15, 0.2) is 15.0 Å². The van der Waals surface area contributed by atoms with E-state index in [0.29, 0.717) is 0 Å². The van der Waals surface area contributed by atoms with E-state index in [2.05, 4.69) is 49.1 Å². The highest BCUT2D eigenvalue weighted by atomic mass is 32.2. The Morgan fingerprint density at radius 1 is 1.14 bits per heavy atom. The number of aliphatic imine (C=N–C) groups is 1. The number of ether oxygens (including phenoxy) is 1. The van der Waals surface area contributed by atoms with Gasteiger partial charge < -0.3 is 9.64 Å². The lowest BCUT2D eigenvalue weighted by Crippen LogP contribution is -2.39. The normalized spacial score (nSPS) is 22.8. The van der Waals surface area contributed by atoms with Crippen molar-refractivity contribution >= 4 is 32.5 Å². The maximum Gasteiger partial charge on any atom is 0.164 e. The molecule has 0 amide bonds. The van der Waals surface area contributed by atoms with Crippen LogP contribution in [0, 0.1) is 13.8 Å². The monoisotopic (exact) mass is 416 g/mol. The van der Waals surface area contributed by atoms with Gasteiger partial charge in [0.2, 0.25) is 0 Å². The van der Waals surface area contributed by atoms with Crippen LogP contribution >= 0.6 is 11.8 Å². The molecular formula is C21H24N2O3S2. The Kier molecular flexibility index (Phi) is 5.14. The van der Waals surface area contributed by atoms with Crippen molar-refractivity contribution < 1.29 is 13.2 Å². The zero-order valence-electron chi connectivity index (χ0n) is 16.3. The fourth-order valence-electron chi connectivity index (χ4n) is 3.76. The summed E-state index contributed by atoms with van der Waals surface area (Å²) in [7, 11) is -1.38. The number of rotatable bonds is 4. The summed E-state index contributed by atoms with van der Waals surface area (Å²) in [6.45, 7) is 4.13. The second-order valence-corrected chi connectivity index (χ2v) is 10.5. The number of benzene rings is 2.